The summed E-state index contributed by atoms with van der Waals surface area (Å²) in [6.07, 6.45) is 6.84. The maximum Gasteiger partial charge on any atom is 0.309 e. The maximum atomic E-state index is 11.7. The maximum absolute atomic E-state index is 11.7. The summed E-state index contributed by atoms with van der Waals surface area (Å²) in [5.74, 6) is 3.29. The van der Waals surface area contributed by atoms with E-state index >= 15 is 0 Å². The van der Waals surface area contributed by atoms with Crippen molar-refractivity contribution in [2.24, 2.45) is 10.9 Å². The molecule has 0 aromatic heterocycles. The minimum atomic E-state index is -0.0762. The molecule has 114 valence electrons. The monoisotopic (exact) mass is 393 g/mol. The van der Waals surface area contributed by atoms with Crippen molar-refractivity contribution in [1.82, 2.24) is 10.2 Å². The van der Waals surface area contributed by atoms with Gasteiger partial charge in [0.25, 0.3) is 0 Å². The SMILES string of the molecule is C#CCN=C(NCC)N1CCC(C(=O)OCC)CC1.I. The molecule has 0 saturated carbocycles. The van der Waals surface area contributed by atoms with Gasteiger partial charge in [0.15, 0.2) is 5.96 Å². The molecule has 0 aromatic rings. The van der Waals surface area contributed by atoms with Gasteiger partial charge in [-0.15, -0.1) is 30.4 Å². The lowest BCUT2D eigenvalue weighted by Crippen LogP contribution is -2.46. The molecule has 1 aliphatic heterocycles. The number of likely N-dealkylation sites (tertiary alicyclic amines) is 1. The first-order valence-corrected chi connectivity index (χ1v) is 6.86. The minimum Gasteiger partial charge on any atom is -0.466 e. The number of ether oxygens (including phenoxy) is 1. The molecule has 0 aliphatic carbocycles. The van der Waals surface area contributed by atoms with Crippen molar-refractivity contribution in [2.45, 2.75) is 26.7 Å². The molecule has 0 bridgehead atoms. The van der Waals surface area contributed by atoms with Crippen LogP contribution in [0.15, 0.2) is 4.99 Å². The van der Waals surface area contributed by atoms with E-state index in [0.29, 0.717) is 13.2 Å². The second-order valence-electron chi connectivity index (χ2n) is 4.39. The molecule has 20 heavy (non-hydrogen) atoms. The highest BCUT2D eigenvalue weighted by molar-refractivity contribution is 14.0. The van der Waals surface area contributed by atoms with Gasteiger partial charge in [-0.2, -0.15) is 0 Å². The topological polar surface area (TPSA) is 53.9 Å². The summed E-state index contributed by atoms with van der Waals surface area (Å²) in [6.45, 7) is 7.10. The number of rotatable bonds is 4. The number of halogens is 1. The number of piperidine rings is 1. The summed E-state index contributed by atoms with van der Waals surface area (Å²) < 4.78 is 5.06. The first kappa shape index (κ1) is 19.0. The van der Waals surface area contributed by atoms with Crippen molar-refractivity contribution in [3.8, 4) is 12.3 Å². The summed E-state index contributed by atoms with van der Waals surface area (Å²) in [4.78, 5) is 18.1. The molecular formula is C14H24IN3O2. The van der Waals surface area contributed by atoms with E-state index in [1.165, 1.54) is 0 Å². The fraction of sp³-hybridized carbons (Fsp3) is 0.714. The van der Waals surface area contributed by atoms with Gasteiger partial charge in [0.05, 0.1) is 12.5 Å². The number of nitrogens with one attached hydrogen (secondary N) is 1. The first-order valence-electron chi connectivity index (χ1n) is 6.86. The Balaban J connectivity index is 0.00000361. The highest BCUT2D eigenvalue weighted by atomic mass is 127. The van der Waals surface area contributed by atoms with Crippen LogP contribution in [0.3, 0.4) is 0 Å². The Morgan fingerprint density at radius 3 is 2.60 bits per heavy atom. The number of hydrogen-bond acceptors (Lipinski definition) is 3. The van der Waals surface area contributed by atoms with Gasteiger partial charge in [-0.05, 0) is 26.7 Å². The van der Waals surface area contributed by atoms with E-state index in [-0.39, 0.29) is 35.9 Å². The molecule has 1 saturated heterocycles. The summed E-state index contributed by atoms with van der Waals surface area (Å²) in [5, 5.41) is 3.22. The lowest BCUT2D eigenvalue weighted by atomic mass is 9.97. The second kappa shape index (κ2) is 10.8. The largest absolute Gasteiger partial charge is 0.466 e. The number of esters is 1. The summed E-state index contributed by atoms with van der Waals surface area (Å²) in [7, 11) is 0. The Kier molecular flexibility index (Phi) is 10.3. The minimum absolute atomic E-state index is 0. The Morgan fingerprint density at radius 2 is 2.10 bits per heavy atom. The van der Waals surface area contributed by atoms with Crippen LogP contribution >= 0.6 is 24.0 Å². The smallest absolute Gasteiger partial charge is 0.309 e. The zero-order valence-electron chi connectivity index (χ0n) is 12.2. The standard InChI is InChI=1S/C14H23N3O2.HI/c1-4-9-16-14(15-5-2)17-10-7-12(8-11-17)13(18)19-6-3;/h1,12H,5-11H2,2-3H3,(H,15,16);1H. The number of guanidine groups is 1. The normalized spacial score (nSPS) is 16.1. The third-order valence-electron chi connectivity index (χ3n) is 3.07. The molecule has 0 aromatic carbocycles. The van der Waals surface area contributed by atoms with E-state index in [1.54, 1.807) is 0 Å². The van der Waals surface area contributed by atoms with Crippen LogP contribution in [0.2, 0.25) is 0 Å². The quantitative estimate of drug-likeness (QED) is 0.259. The van der Waals surface area contributed by atoms with Crippen molar-refractivity contribution >= 4 is 35.9 Å². The zero-order chi connectivity index (χ0) is 14.1. The molecule has 0 spiro atoms. The molecule has 1 heterocycles. The number of nitrogens with zero attached hydrogens (tertiary/aromatic N) is 2. The molecule has 0 amide bonds. The summed E-state index contributed by atoms with van der Waals surface area (Å²) in [5.41, 5.74) is 0. The number of terminal acetylenes is 1. The third kappa shape index (κ3) is 5.99. The highest BCUT2D eigenvalue weighted by Crippen LogP contribution is 2.18. The van der Waals surface area contributed by atoms with E-state index in [1.807, 2.05) is 13.8 Å². The van der Waals surface area contributed by atoms with E-state index < -0.39 is 0 Å². The average Bonchev–Trinajstić information content (AvgIpc) is 2.44. The van der Waals surface area contributed by atoms with Gasteiger partial charge >= 0.3 is 5.97 Å². The van der Waals surface area contributed by atoms with Gasteiger partial charge in [0.2, 0.25) is 0 Å². The fourth-order valence-electron chi connectivity index (χ4n) is 2.13. The molecular weight excluding hydrogens is 369 g/mol. The Labute approximate surface area is 138 Å². The molecule has 0 atom stereocenters. The molecule has 0 unspecified atom stereocenters. The van der Waals surface area contributed by atoms with Crippen LogP contribution < -0.4 is 5.32 Å². The number of hydrogen-bond donors (Lipinski definition) is 1. The second-order valence-corrected chi connectivity index (χ2v) is 4.39. The van der Waals surface area contributed by atoms with Gasteiger partial charge in [-0.25, -0.2) is 4.99 Å². The molecule has 1 N–H and O–H groups in total. The molecule has 1 rings (SSSR count). The van der Waals surface area contributed by atoms with Crippen LogP contribution in [0.4, 0.5) is 0 Å². The molecule has 1 aliphatic rings. The number of carbonyl (C=O) groups is 1. The molecule has 1 fully saturated rings. The summed E-state index contributed by atoms with van der Waals surface area (Å²) in [6, 6.07) is 0. The van der Waals surface area contributed by atoms with Crippen LogP contribution in [0, 0.1) is 18.3 Å². The fourth-order valence-corrected chi connectivity index (χ4v) is 2.13. The zero-order valence-corrected chi connectivity index (χ0v) is 14.6. The van der Waals surface area contributed by atoms with Crippen molar-refractivity contribution in [2.75, 3.05) is 32.8 Å². The van der Waals surface area contributed by atoms with Gasteiger partial charge in [0, 0.05) is 19.6 Å². The third-order valence-corrected chi connectivity index (χ3v) is 3.07. The predicted molar refractivity (Wildman–Crippen MR) is 91.2 cm³/mol. The van der Waals surface area contributed by atoms with Crippen molar-refractivity contribution in [3.63, 3.8) is 0 Å². The number of aliphatic imine (C=N–C) groups is 1. The van der Waals surface area contributed by atoms with Gasteiger partial charge in [-0.1, -0.05) is 5.92 Å². The van der Waals surface area contributed by atoms with E-state index in [9.17, 15) is 4.79 Å². The average molecular weight is 393 g/mol. The van der Waals surface area contributed by atoms with Crippen molar-refractivity contribution in [1.29, 1.82) is 0 Å². The lowest BCUT2D eigenvalue weighted by molar-refractivity contribution is -0.149. The summed E-state index contributed by atoms with van der Waals surface area (Å²) >= 11 is 0. The van der Waals surface area contributed by atoms with Crippen LogP contribution in [0.5, 0.6) is 0 Å². The molecule has 5 nitrogen and oxygen atoms in total. The lowest BCUT2D eigenvalue weighted by Gasteiger charge is -2.33. The van der Waals surface area contributed by atoms with Crippen LogP contribution in [0.25, 0.3) is 0 Å². The van der Waals surface area contributed by atoms with Gasteiger partial charge in [-0.3, -0.25) is 4.79 Å². The Hall–Kier alpha value is -0.970. The Bertz CT molecular complexity index is 358. The predicted octanol–water partition coefficient (Wildman–Crippen LogP) is 1.48. The molecule has 6 heteroatoms. The van der Waals surface area contributed by atoms with Gasteiger partial charge in [0.1, 0.15) is 6.54 Å². The van der Waals surface area contributed by atoms with Crippen molar-refractivity contribution < 1.29 is 9.53 Å². The number of carbonyl (C=O) groups excluding carboxylic acids is 1. The first-order chi connectivity index (χ1) is 9.22. The van der Waals surface area contributed by atoms with Gasteiger partial charge < -0.3 is 15.0 Å². The van der Waals surface area contributed by atoms with Crippen molar-refractivity contribution in [3.05, 3.63) is 0 Å². The van der Waals surface area contributed by atoms with Crippen LogP contribution in [-0.2, 0) is 9.53 Å². The van der Waals surface area contributed by atoms with E-state index in [4.69, 9.17) is 11.2 Å². The van der Waals surface area contributed by atoms with E-state index in [2.05, 4.69) is 21.1 Å². The van der Waals surface area contributed by atoms with Crippen LogP contribution in [0.1, 0.15) is 26.7 Å². The van der Waals surface area contributed by atoms with Crippen LogP contribution in [-0.4, -0.2) is 49.6 Å². The highest BCUT2D eigenvalue weighted by Gasteiger charge is 2.27. The molecule has 0 radical (unpaired) electrons. The van der Waals surface area contributed by atoms with E-state index in [0.717, 1.165) is 38.4 Å². The Morgan fingerprint density at radius 1 is 1.45 bits per heavy atom.